The van der Waals surface area contributed by atoms with Crippen LogP contribution in [-0.2, 0) is 9.53 Å². The molecule has 1 amide bonds. The number of hydrogen-bond donors (Lipinski definition) is 2. The number of hydrogen-bond acceptors (Lipinski definition) is 4. The van der Waals surface area contributed by atoms with Crippen LogP contribution >= 0.6 is 0 Å². The standard InChI is InChI=1S/C11H15N3O2/c12-8-4-5-10(13-7-8)14-11(15)9-3-1-2-6-16-9/h4-5,7,9H,1-3,6,12H2,(H,13,14,15). The Morgan fingerprint density at radius 2 is 2.38 bits per heavy atom. The summed E-state index contributed by atoms with van der Waals surface area (Å²) in [6, 6.07) is 3.38. The first kappa shape index (κ1) is 10.9. The van der Waals surface area contributed by atoms with E-state index in [2.05, 4.69) is 10.3 Å². The summed E-state index contributed by atoms with van der Waals surface area (Å²) in [5, 5.41) is 2.71. The molecule has 0 aliphatic carbocycles. The van der Waals surface area contributed by atoms with Gasteiger partial charge in [-0.05, 0) is 31.4 Å². The Labute approximate surface area is 94.0 Å². The van der Waals surface area contributed by atoms with Crippen LogP contribution < -0.4 is 11.1 Å². The number of nitrogens with zero attached hydrogens (tertiary/aromatic N) is 1. The van der Waals surface area contributed by atoms with Gasteiger partial charge in [0.2, 0.25) is 0 Å². The van der Waals surface area contributed by atoms with Gasteiger partial charge in [-0.15, -0.1) is 0 Å². The van der Waals surface area contributed by atoms with Crippen molar-refractivity contribution in [3.05, 3.63) is 18.3 Å². The van der Waals surface area contributed by atoms with Crippen LogP contribution in [0.2, 0.25) is 0 Å². The van der Waals surface area contributed by atoms with Gasteiger partial charge in [-0.25, -0.2) is 4.98 Å². The summed E-state index contributed by atoms with van der Waals surface area (Å²) >= 11 is 0. The van der Waals surface area contributed by atoms with Gasteiger partial charge in [0, 0.05) is 6.61 Å². The maximum Gasteiger partial charge on any atom is 0.254 e. The maximum absolute atomic E-state index is 11.7. The van der Waals surface area contributed by atoms with Gasteiger partial charge in [-0.2, -0.15) is 0 Å². The first-order valence-electron chi connectivity index (χ1n) is 5.40. The average Bonchev–Trinajstić information content (AvgIpc) is 2.33. The summed E-state index contributed by atoms with van der Waals surface area (Å²) in [5.74, 6) is 0.380. The van der Waals surface area contributed by atoms with Gasteiger partial charge in [-0.1, -0.05) is 0 Å². The monoisotopic (exact) mass is 221 g/mol. The lowest BCUT2D eigenvalue weighted by molar-refractivity contribution is -0.130. The Hall–Kier alpha value is -1.62. The number of anilines is 2. The van der Waals surface area contributed by atoms with Crippen LogP contribution in [0.15, 0.2) is 18.3 Å². The van der Waals surface area contributed by atoms with E-state index in [9.17, 15) is 4.79 Å². The SMILES string of the molecule is Nc1ccc(NC(=O)C2CCCCO2)nc1. The summed E-state index contributed by atoms with van der Waals surface area (Å²) in [6.07, 6.45) is 4.02. The maximum atomic E-state index is 11.7. The molecule has 1 aliphatic rings. The van der Waals surface area contributed by atoms with Gasteiger partial charge in [-0.3, -0.25) is 4.79 Å². The lowest BCUT2D eigenvalue weighted by atomic mass is 10.1. The second kappa shape index (κ2) is 4.94. The third-order valence-corrected chi connectivity index (χ3v) is 2.51. The van der Waals surface area contributed by atoms with Crippen LogP contribution in [0.5, 0.6) is 0 Å². The van der Waals surface area contributed by atoms with E-state index >= 15 is 0 Å². The third-order valence-electron chi connectivity index (χ3n) is 2.51. The van der Waals surface area contributed by atoms with E-state index < -0.39 is 0 Å². The highest BCUT2D eigenvalue weighted by Crippen LogP contribution is 2.14. The molecule has 2 rings (SSSR count). The molecule has 5 heteroatoms. The molecule has 86 valence electrons. The van der Waals surface area contributed by atoms with Crippen LogP contribution in [0, 0.1) is 0 Å². The van der Waals surface area contributed by atoms with Crippen molar-refractivity contribution in [3.63, 3.8) is 0 Å². The number of rotatable bonds is 2. The summed E-state index contributed by atoms with van der Waals surface area (Å²) in [5.41, 5.74) is 6.08. The second-order valence-corrected chi connectivity index (χ2v) is 3.82. The van der Waals surface area contributed by atoms with E-state index in [1.54, 1.807) is 12.1 Å². The summed E-state index contributed by atoms with van der Waals surface area (Å²) in [4.78, 5) is 15.7. The Kier molecular flexibility index (Phi) is 3.36. The number of pyridine rings is 1. The quantitative estimate of drug-likeness (QED) is 0.786. The Morgan fingerprint density at radius 1 is 1.50 bits per heavy atom. The van der Waals surface area contributed by atoms with Crippen molar-refractivity contribution in [2.75, 3.05) is 17.7 Å². The first-order chi connectivity index (χ1) is 7.75. The zero-order chi connectivity index (χ0) is 11.4. The van der Waals surface area contributed by atoms with Gasteiger partial charge in [0.05, 0.1) is 11.9 Å². The smallest absolute Gasteiger partial charge is 0.254 e. The Balaban J connectivity index is 1.93. The van der Waals surface area contributed by atoms with Crippen LogP contribution in [0.3, 0.4) is 0 Å². The Bertz CT molecular complexity index is 358. The number of ether oxygens (including phenoxy) is 1. The van der Waals surface area contributed by atoms with E-state index in [4.69, 9.17) is 10.5 Å². The molecule has 0 aromatic carbocycles. The Morgan fingerprint density at radius 3 is 3.00 bits per heavy atom. The summed E-state index contributed by atoms with van der Waals surface area (Å²) < 4.78 is 5.37. The van der Waals surface area contributed by atoms with Gasteiger partial charge in [0.25, 0.3) is 5.91 Å². The highest BCUT2D eigenvalue weighted by atomic mass is 16.5. The molecule has 1 saturated heterocycles. The number of carbonyl (C=O) groups is 1. The molecule has 1 aliphatic heterocycles. The topological polar surface area (TPSA) is 77.2 Å². The first-order valence-corrected chi connectivity index (χ1v) is 5.40. The zero-order valence-electron chi connectivity index (χ0n) is 8.98. The molecule has 0 bridgehead atoms. The van der Waals surface area contributed by atoms with E-state index in [-0.39, 0.29) is 12.0 Å². The normalized spacial score (nSPS) is 20.4. The van der Waals surface area contributed by atoms with Crippen molar-refractivity contribution in [2.45, 2.75) is 25.4 Å². The minimum absolute atomic E-state index is 0.128. The average molecular weight is 221 g/mol. The molecular formula is C11H15N3O2. The number of carbonyl (C=O) groups excluding carboxylic acids is 1. The van der Waals surface area contributed by atoms with E-state index in [0.29, 0.717) is 18.1 Å². The highest BCUT2D eigenvalue weighted by molar-refractivity contribution is 5.93. The van der Waals surface area contributed by atoms with Crippen LogP contribution in [0.25, 0.3) is 0 Å². The van der Waals surface area contributed by atoms with E-state index in [1.165, 1.54) is 6.20 Å². The second-order valence-electron chi connectivity index (χ2n) is 3.82. The van der Waals surface area contributed by atoms with Crippen molar-refractivity contribution in [1.82, 2.24) is 4.98 Å². The van der Waals surface area contributed by atoms with E-state index in [0.717, 1.165) is 19.3 Å². The molecule has 0 radical (unpaired) electrons. The van der Waals surface area contributed by atoms with Crippen LogP contribution in [0.1, 0.15) is 19.3 Å². The van der Waals surface area contributed by atoms with Gasteiger partial charge < -0.3 is 15.8 Å². The molecule has 1 fully saturated rings. The minimum Gasteiger partial charge on any atom is -0.397 e. The molecule has 16 heavy (non-hydrogen) atoms. The third kappa shape index (κ3) is 2.70. The number of aromatic nitrogens is 1. The fraction of sp³-hybridized carbons (Fsp3) is 0.455. The predicted octanol–water partition coefficient (Wildman–Crippen LogP) is 1.17. The lowest BCUT2D eigenvalue weighted by Crippen LogP contribution is -2.33. The van der Waals surface area contributed by atoms with Gasteiger partial charge >= 0.3 is 0 Å². The molecule has 3 N–H and O–H groups in total. The number of nitrogens with one attached hydrogen (secondary N) is 1. The van der Waals surface area contributed by atoms with Gasteiger partial charge in [0.15, 0.2) is 0 Å². The van der Waals surface area contributed by atoms with Crippen LogP contribution in [-0.4, -0.2) is 23.6 Å². The van der Waals surface area contributed by atoms with Crippen molar-refractivity contribution in [3.8, 4) is 0 Å². The minimum atomic E-state index is -0.340. The van der Waals surface area contributed by atoms with Crippen LogP contribution in [0.4, 0.5) is 11.5 Å². The molecule has 0 spiro atoms. The fourth-order valence-corrected chi connectivity index (χ4v) is 1.63. The predicted molar refractivity (Wildman–Crippen MR) is 60.9 cm³/mol. The lowest BCUT2D eigenvalue weighted by Gasteiger charge is -2.21. The highest BCUT2D eigenvalue weighted by Gasteiger charge is 2.21. The molecule has 1 unspecified atom stereocenters. The molecule has 0 saturated carbocycles. The zero-order valence-corrected chi connectivity index (χ0v) is 8.98. The van der Waals surface area contributed by atoms with Crippen molar-refractivity contribution in [2.24, 2.45) is 0 Å². The molecule has 1 atom stereocenters. The number of nitrogen functional groups attached to an aromatic ring is 1. The molecule has 5 nitrogen and oxygen atoms in total. The van der Waals surface area contributed by atoms with Gasteiger partial charge in [0.1, 0.15) is 11.9 Å². The summed E-state index contributed by atoms with van der Waals surface area (Å²) in [6.45, 7) is 0.660. The summed E-state index contributed by atoms with van der Waals surface area (Å²) in [7, 11) is 0. The van der Waals surface area contributed by atoms with E-state index in [1.807, 2.05) is 0 Å². The van der Waals surface area contributed by atoms with Crippen molar-refractivity contribution >= 4 is 17.4 Å². The molecule has 1 aromatic rings. The number of nitrogens with two attached hydrogens (primary N) is 1. The molecule has 1 aromatic heterocycles. The van der Waals surface area contributed by atoms with Crippen molar-refractivity contribution in [1.29, 1.82) is 0 Å². The molecular weight excluding hydrogens is 206 g/mol. The van der Waals surface area contributed by atoms with Crippen molar-refractivity contribution < 1.29 is 9.53 Å². The fourth-order valence-electron chi connectivity index (χ4n) is 1.63. The largest absolute Gasteiger partial charge is 0.397 e. The number of amides is 1. The molecule has 2 heterocycles.